The first-order chi connectivity index (χ1) is 16.6. The van der Waals surface area contributed by atoms with E-state index < -0.39 is 0 Å². The molecule has 2 amide bonds. The van der Waals surface area contributed by atoms with Gasteiger partial charge in [-0.05, 0) is 68.8 Å². The number of carbonyl (C=O) groups is 2. The van der Waals surface area contributed by atoms with Crippen LogP contribution in [-0.2, 0) is 22.4 Å². The highest BCUT2D eigenvalue weighted by molar-refractivity contribution is 7.17. The first-order valence-electron chi connectivity index (χ1n) is 12.5. The van der Waals surface area contributed by atoms with Crippen molar-refractivity contribution in [2.75, 3.05) is 30.4 Å². The van der Waals surface area contributed by atoms with E-state index in [1.807, 2.05) is 0 Å². The summed E-state index contributed by atoms with van der Waals surface area (Å²) in [5, 5.41) is 16.5. The van der Waals surface area contributed by atoms with Crippen LogP contribution in [0.25, 0.3) is 0 Å². The van der Waals surface area contributed by atoms with Crippen molar-refractivity contribution in [2.45, 2.75) is 64.3 Å². The summed E-state index contributed by atoms with van der Waals surface area (Å²) in [6, 6.07) is 0.392. The van der Waals surface area contributed by atoms with Crippen LogP contribution in [0.4, 0.5) is 10.9 Å². The van der Waals surface area contributed by atoms with Gasteiger partial charge in [0.1, 0.15) is 11.3 Å². The Bertz CT molecular complexity index is 993. The number of thiophene rings is 1. The Morgan fingerprint density at radius 3 is 2.74 bits per heavy atom. The monoisotopic (exact) mass is 486 g/mol. The molecular formula is C24H34N6O3S. The van der Waals surface area contributed by atoms with Crippen LogP contribution >= 0.6 is 11.3 Å². The minimum absolute atomic E-state index is 0.00889. The number of ether oxygens (including phenoxy) is 1. The molecule has 0 bridgehead atoms. The molecule has 1 aliphatic heterocycles. The third kappa shape index (κ3) is 5.96. The molecular weight excluding hydrogens is 452 g/mol. The Balaban J connectivity index is 0.000000183. The van der Waals surface area contributed by atoms with Crippen molar-refractivity contribution in [3.05, 3.63) is 22.3 Å². The average molecular weight is 487 g/mol. The topological polar surface area (TPSA) is 121 Å². The van der Waals surface area contributed by atoms with E-state index in [1.165, 1.54) is 36.0 Å². The number of hydrogen-bond donors (Lipinski definition) is 4. The van der Waals surface area contributed by atoms with Gasteiger partial charge in [0, 0.05) is 23.9 Å². The summed E-state index contributed by atoms with van der Waals surface area (Å²) in [5.74, 6) is 2.26. The van der Waals surface area contributed by atoms with Gasteiger partial charge in [-0.2, -0.15) is 5.10 Å². The van der Waals surface area contributed by atoms with E-state index in [9.17, 15) is 9.59 Å². The first-order valence-corrected chi connectivity index (χ1v) is 13.3. The number of carbonyl (C=O) groups excluding carboxylic acids is 2. The zero-order valence-corrected chi connectivity index (χ0v) is 20.5. The molecule has 34 heavy (non-hydrogen) atoms. The van der Waals surface area contributed by atoms with E-state index in [-0.39, 0.29) is 17.7 Å². The van der Waals surface area contributed by atoms with Crippen LogP contribution in [0, 0.1) is 17.8 Å². The van der Waals surface area contributed by atoms with Crippen molar-refractivity contribution < 1.29 is 14.3 Å². The average Bonchev–Trinajstić information content (AvgIpc) is 3.71. The quantitative estimate of drug-likeness (QED) is 0.476. The predicted molar refractivity (Wildman–Crippen MR) is 131 cm³/mol. The maximum Gasteiger partial charge on any atom is 0.254 e. The number of amides is 2. The molecule has 0 spiro atoms. The van der Waals surface area contributed by atoms with Crippen LogP contribution in [-0.4, -0.2) is 52.8 Å². The smallest absolute Gasteiger partial charge is 0.254 e. The van der Waals surface area contributed by atoms with Gasteiger partial charge in [-0.25, -0.2) is 10.1 Å². The Labute approximate surface area is 203 Å². The second-order valence-corrected chi connectivity index (χ2v) is 11.1. The van der Waals surface area contributed by atoms with E-state index in [1.54, 1.807) is 11.3 Å². The molecule has 184 valence electrons. The van der Waals surface area contributed by atoms with Crippen LogP contribution < -0.4 is 16.0 Å². The van der Waals surface area contributed by atoms with Crippen molar-refractivity contribution in [1.29, 1.82) is 0 Å². The lowest BCUT2D eigenvalue weighted by Crippen LogP contribution is -2.28. The lowest BCUT2D eigenvalue weighted by atomic mass is 9.87. The van der Waals surface area contributed by atoms with E-state index in [0.29, 0.717) is 17.9 Å². The van der Waals surface area contributed by atoms with Crippen molar-refractivity contribution in [2.24, 2.45) is 17.8 Å². The van der Waals surface area contributed by atoms with Crippen molar-refractivity contribution in [3.8, 4) is 0 Å². The molecule has 3 aliphatic carbocycles. The van der Waals surface area contributed by atoms with Crippen LogP contribution in [0.1, 0.15) is 66.2 Å². The van der Waals surface area contributed by atoms with Crippen molar-refractivity contribution in [1.82, 2.24) is 20.5 Å². The number of rotatable bonds is 7. The number of aryl methyl sites for hydroxylation is 1. The molecule has 3 heterocycles. The molecule has 1 saturated heterocycles. The lowest BCUT2D eigenvalue weighted by Gasteiger charge is -2.19. The first kappa shape index (κ1) is 23.3. The van der Waals surface area contributed by atoms with Gasteiger partial charge in [-0.15, -0.1) is 11.3 Å². The van der Waals surface area contributed by atoms with E-state index in [2.05, 4.69) is 38.1 Å². The highest BCUT2D eigenvalue weighted by atomic mass is 32.1. The van der Waals surface area contributed by atoms with Crippen molar-refractivity contribution >= 4 is 34.1 Å². The maximum absolute atomic E-state index is 12.7. The number of fused-ring (bicyclic) bond motifs is 1. The Morgan fingerprint density at radius 2 is 2.06 bits per heavy atom. The van der Waals surface area contributed by atoms with Gasteiger partial charge in [0.25, 0.3) is 5.91 Å². The SMILES string of the molecule is CC1CCc2sc(NC(=O)C3CC3)c(C(=O)NCC3CC3)c2C1.c1n[nH]c(NC2CCOC2)n1. The predicted octanol–water partition coefficient (Wildman–Crippen LogP) is 3.37. The van der Waals surface area contributed by atoms with Gasteiger partial charge < -0.3 is 20.7 Å². The Kier molecular flexibility index (Phi) is 7.15. The number of nitrogens with one attached hydrogen (secondary N) is 4. The zero-order chi connectivity index (χ0) is 23.5. The van der Waals surface area contributed by atoms with Crippen molar-refractivity contribution in [3.63, 3.8) is 0 Å². The second kappa shape index (κ2) is 10.4. The molecule has 10 heteroatoms. The molecule has 0 radical (unpaired) electrons. The highest BCUT2D eigenvalue weighted by Crippen LogP contribution is 2.41. The number of H-pyrrole nitrogens is 1. The number of hydrogen-bond acceptors (Lipinski definition) is 7. The van der Waals surface area contributed by atoms with E-state index >= 15 is 0 Å². The van der Waals surface area contributed by atoms with Gasteiger partial charge >= 0.3 is 0 Å². The molecule has 6 rings (SSSR count). The zero-order valence-electron chi connectivity index (χ0n) is 19.7. The van der Waals surface area contributed by atoms with E-state index in [4.69, 9.17) is 4.74 Å². The molecule has 2 unspecified atom stereocenters. The molecule has 4 aliphatic rings. The summed E-state index contributed by atoms with van der Waals surface area (Å²) in [6.07, 6.45) is 10.1. The third-order valence-electron chi connectivity index (χ3n) is 6.85. The normalized spacial score (nSPS) is 23.4. The Morgan fingerprint density at radius 1 is 1.21 bits per heavy atom. The summed E-state index contributed by atoms with van der Waals surface area (Å²) in [6.45, 7) is 4.62. The van der Waals surface area contributed by atoms with Crippen LogP contribution in [0.3, 0.4) is 0 Å². The fourth-order valence-electron chi connectivity index (χ4n) is 4.41. The lowest BCUT2D eigenvalue weighted by molar-refractivity contribution is -0.117. The molecule has 2 aromatic heterocycles. The van der Waals surface area contributed by atoms with Crippen LogP contribution in [0.5, 0.6) is 0 Å². The fourth-order valence-corrected chi connectivity index (χ4v) is 5.65. The fraction of sp³-hybridized carbons (Fsp3) is 0.667. The van der Waals surface area contributed by atoms with Gasteiger partial charge in [-0.1, -0.05) is 6.92 Å². The highest BCUT2D eigenvalue weighted by Gasteiger charge is 2.33. The maximum atomic E-state index is 12.7. The van der Waals surface area contributed by atoms with E-state index in [0.717, 1.165) is 68.4 Å². The minimum Gasteiger partial charge on any atom is -0.379 e. The van der Waals surface area contributed by atoms with Gasteiger partial charge in [0.2, 0.25) is 11.9 Å². The second-order valence-electron chi connectivity index (χ2n) is 10.0. The number of aromatic amines is 1. The largest absolute Gasteiger partial charge is 0.379 e. The standard InChI is InChI=1S/C18H24N2O2S.C6H10N4O/c1-10-2-7-14-13(8-10)15(17(22)19-9-11-3-4-11)18(23-14)20-16(21)12-5-6-12;1-2-11-3-5(1)9-6-7-4-8-10-6/h10-12H,2-9H2,1H3,(H,19,22)(H,20,21);4-5H,1-3H2,(H2,7,8,9,10). The number of aromatic nitrogens is 3. The van der Waals surface area contributed by atoms with Gasteiger partial charge in [-0.3, -0.25) is 9.59 Å². The summed E-state index contributed by atoms with van der Waals surface area (Å²) >= 11 is 1.62. The van der Waals surface area contributed by atoms with Crippen LogP contribution in [0.2, 0.25) is 0 Å². The molecule has 9 nitrogen and oxygen atoms in total. The molecule has 2 atom stereocenters. The summed E-state index contributed by atoms with van der Waals surface area (Å²) in [7, 11) is 0. The van der Waals surface area contributed by atoms with Gasteiger partial charge in [0.05, 0.1) is 18.2 Å². The third-order valence-corrected chi connectivity index (χ3v) is 8.06. The summed E-state index contributed by atoms with van der Waals surface area (Å²) in [5.41, 5.74) is 1.94. The molecule has 0 aromatic carbocycles. The number of nitrogens with zero attached hydrogens (tertiary/aromatic N) is 2. The number of anilines is 2. The molecule has 2 aromatic rings. The minimum atomic E-state index is 0.00889. The Hall–Kier alpha value is -2.46. The molecule has 3 fully saturated rings. The molecule has 2 saturated carbocycles. The summed E-state index contributed by atoms with van der Waals surface area (Å²) < 4.78 is 5.18. The van der Waals surface area contributed by atoms with Crippen LogP contribution in [0.15, 0.2) is 6.33 Å². The summed E-state index contributed by atoms with van der Waals surface area (Å²) in [4.78, 5) is 30.2. The van der Waals surface area contributed by atoms with Gasteiger partial charge in [0.15, 0.2) is 0 Å². The molecule has 4 N–H and O–H groups in total.